The highest BCUT2D eigenvalue weighted by molar-refractivity contribution is 9.10. The maximum absolute atomic E-state index is 12.6. The van der Waals surface area contributed by atoms with Crippen molar-refractivity contribution in [3.63, 3.8) is 0 Å². The lowest BCUT2D eigenvalue weighted by Gasteiger charge is -2.13. The number of methoxy groups -OCH3 is 2. The third-order valence-corrected chi connectivity index (χ3v) is 6.49. The third kappa shape index (κ3) is 6.44. The molecule has 3 N–H and O–H groups in total. The molecular weight excluding hydrogens is 530 g/mol. The second-order valence-corrected chi connectivity index (χ2v) is 9.62. The number of amides is 1. The van der Waals surface area contributed by atoms with Gasteiger partial charge < -0.3 is 14.8 Å². The van der Waals surface area contributed by atoms with E-state index in [1.54, 1.807) is 54.6 Å². The Bertz CT molecular complexity index is 1260. The lowest BCUT2D eigenvalue weighted by Crippen LogP contribution is -2.34. The van der Waals surface area contributed by atoms with E-state index in [-0.39, 0.29) is 10.0 Å². The first kappa shape index (κ1) is 24.5. The zero-order chi connectivity index (χ0) is 24.0. The summed E-state index contributed by atoms with van der Waals surface area (Å²) in [6, 6.07) is 17.5. The molecule has 0 fully saturated rings. The summed E-state index contributed by atoms with van der Waals surface area (Å²) >= 11 is 8.52. The molecule has 0 aromatic heterocycles. The number of carbonyl (C=O) groups excluding carboxylic acids is 1. The van der Waals surface area contributed by atoms with Crippen LogP contribution in [0.25, 0.3) is 0 Å². The lowest BCUT2D eigenvalue weighted by molar-refractivity contribution is 0.0974. The van der Waals surface area contributed by atoms with Gasteiger partial charge in [-0.3, -0.25) is 14.8 Å². The Balaban J connectivity index is 1.64. The van der Waals surface area contributed by atoms with Gasteiger partial charge in [-0.2, -0.15) is 0 Å². The first-order valence-electron chi connectivity index (χ1n) is 9.44. The molecule has 0 saturated carbocycles. The Labute approximate surface area is 205 Å². The zero-order valence-electron chi connectivity index (χ0n) is 17.6. The van der Waals surface area contributed by atoms with Crippen molar-refractivity contribution in [2.45, 2.75) is 4.90 Å². The van der Waals surface area contributed by atoms with E-state index in [2.05, 4.69) is 31.3 Å². The maximum atomic E-state index is 12.6. The molecular formula is C22H20BrN3O5S2. The molecule has 0 aliphatic carbocycles. The van der Waals surface area contributed by atoms with Gasteiger partial charge in [0, 0.05) is 15.8 Å². The van der Waals surface area contributed by atoms with Gasteiger partial charge in [-0.1, -0.05) is 15.9 Å². The predicted octanol–water partition coefficient (Wildman–Crippen LogP) is 4.39. The number of halogens is 1. The van der Waals surface area contributed by atoms with Crippen molar-refractivity contribution in [1.82, 2.24) is 5.32 Å². The standard InChI is InChI=1S/C22H20BrN3O5S2/c1-30-17-8-4-16(5-9-17)26-33(28,29)18-10-6-15(7-11-18)24-22(32)25-21(27)19-13-14(23)3-12-20(19)31-2/h3-13,26H,1-2H3,(H2,24,25,27,32). The van der Waals surface area contributed by atoms with Gasteiger partial charge in [0.05, 0.1) is 24.7 Å². The summed E-state index contributed by atoms with van der Waals surface area (Å²) in [7, 11) is -0.785. The maximum Gasteiger partial charge on any atom is 0.261 e. The van der Waals surface area contributed by atoms with Crippen LogP contribution >= 0.6 is 28.1 Å². The summed E-state index contributed by atoms with van der Waals surface area (Å²) in [5, 5.41) is 5.48. The molecule has 0 aliphatic rings. The molecule has 1 amide bonds. The minimum absolute atomic E-state index is 0.0500. The fourth-order valence-corrected chi connectivity index (χ4v) is 4.41. The van der Waals surface area contributed by atoms with E-state index in [4.69, 9.17) is 21.7 Å². The molecule has 3 rings (SSSR count). The molecule has 8 nitrogen and oxygen atoms in total. The van der Waals surface area contributed by atoms with Gasteiger partial charge in [-0.25, -0.2) is 8.42 Å². The molecule has 33 heavy (non-hydrogen) atoms. The van der Waals surface area contributed by atoms with Gasteiger partial charge in [-0.05, 0) is 78.9 Å². The summed E-state index contributed by atoms with van der Waals surface area (Å²) in [5.41, 5.74) is 1.22. The molecule has 0 saturated heterocycles. The van der Waals surface area contributed by atoms with Crippen molar-refractivity contribution in [2.24, 2.45) is 0 Å². The van der Waals surface area contributed by atoms with Crippen molar-refractivity contribution in [2.75, 3.05) is 24.3 Å². The molecule has 0 heterocycles. The molecule has 0 unspecified atom stereocenters. The van der Waals surface area contributed by atoms with Crippen LogP contribution in [0.15, 0.2) is 76.1 Å². The predicted molar refractivity (Wildman–Crippen MR) is 135 cm³/mol. The second kappa shape index (κ2) is 10.6. The Kier molecular flexibility index (Phi) is 7.90. The van der Waals surface area contributed by atoms with Gasteiger partial charge in [-0.15, -0.1) is 0 Å². The largest absolute Gasteiger partial charge is 0.497 e. The number of thiocarbonyl (C=S) groups is 1. The quantitative estimate of drug-likeness (QED) is 0.375. The van der Waals surface area contributed by atoms with Crippen molar-refractivity contribution in [3.05, 3.63) is 76.8 Å². The molecule has 0 spiro atoms. The summed E-state index contributed by atoms with van der Waals surface area (Å²) in [6.07, 6.45) is 0. The third-order valence-electron chi connectivity index (χ3n) is 4.40. The van der Waals surface area contributed by atoms with Crippen LogP contribution in [0.3, 0.4) is 0 Å². The SMILES string of the molecule is COc1ccc(NS(=O)(=O)c2ccc(NC(=S)NC(=O)c3cc(Br)ccc3OC)cc2)cc1. The van der Waals surface area contributed by atoms with Crippen molar-refractivity contribution >= 4 is 60.6 Å². The van der Waals surface area contributed by atoms with E-state index >= 15 is 0 Å². The van der Waals surface area contributed by atoms with E-state index in [1.807, 2.05) is 0 Å². The monoisotopic (exact) mass is 549 g/mol. The van der Waals surface area contributed by atoms with Crippen LogP contribution < -0.4 is 24.8 Å². The first-order chi connectivity index (χ1) is 15.7. The smallest absolute Gasteiger partial charge is 0.261 e. The Morgan fingerprint density at radius 2 is 1.55 bits per heavy atom. The van der Waals surface area contributed by atoms with E-state index < -0.39 is 15.9 Å². The molecule has 0 atom stereocenters. The Hall–Kier alpha value is -3.15. The number of hydrogen-bond donors (Lipinski definition) is 3. The van der Waals surface area contributed by atoms with Crippen LogP contribution in [-0.2, 0) is 10.0 Å². The van der Waals surface area contributed by atoms with Crippen molar-refractivity contribution in [1.29, 1.82) is 0 Å². The first-order valence-corrected chi connectivity index (χ1v) is 12.1. The van der Waals surface area contributed by atoms with E-state index in [9.17, 15) is 13.2 Å². The zero-order valence-corrected chi connectivity index (χ0v) is 20.8. The minimum atomic E-state index is -3.78. The molecule has 0 bridgehead atoms. The number of nitrogens with one attached hydrogen (secondary N) is 3. The summed E-state index contributed by atoms with van der Waals surface area (Å²) in [4.78, 5) is 12.6. The topological polar surface area (TPSA) is 106 Å². The molecule has 0 aliphatic heterocycles. The van der Waals surface area contributed by atoms with Crippen LogP contribution in [0.5, 0.6) is 11.5 Å². The average Bonchev–Trinajstić information content (AvgIpc) is 2.79. The van der Waals surface area contributed by atoms with Crippen LogP contribution in [-0.4, -0.2) is 33.7 Å². The number of rotatable bonds is 7. The van der Waals surface area contributed by atoms with Crippen LogP contribution in [0, 0.1) is 0 Å². The summed E-state index contributed by atoms with van der Waals surface area (Å²) in [6.45, 7) is 0. The molecule has 3 aromatic carbocycles. The molecule has 172 valence electrons. The molecule has 0 radical (unpaired) electrons. The number of benzene rings is 3. The number of hydrogen-bond acceptors (Lipinski definition) is 6. The van der Waals surface area contributed by atoms with Gasteiger partial charge in [0.15, 0.2) is 5.11 Å². The Morgan fingerprint density at radius 3 is 2.15 bits per heavy atom. The van der Waals surface area contributed by atoms with Crippen LogP contribution in [0.1, 0.15) is 10.4 Å². The van der Waals surface area contributed by atoms with E-state index in [0.29, 0.717) is 32.9 Å². The average molecular weight is 550 g/mol. The minimum Gasteiger partial charge on any atom is -0.497 e. The fraction of sp³-hybridized carbons (Fsp3) is 0.0909. The van der Waals surface area contributed by atoms with Crippen LogP contribution in [0.4, 0.5) is 11.4 Å². The highest BCUT2D eigenvalue weighted by Crippen LogP contribution is 2.23. The van der Waals surface area contributed by atoms with Crippen molar-refractivity contribution < 1.29 is 22.7 Å². The normalized spacial score (nSPS) is 10.8. The van der Waals surface area contributed by atoms with Gasteiger partial charge >= 0.3 is 0 Å². The van der Waals surface area contributed by atoms with Gasteiger partial charge in [0.25, 0.3) is 15.9 Å². The number of anilines is 2. The fourth-order valence-electron chi connectivity index (χ4n) is 2.78. The summed E-state index contributed by atoms with van der Waals surface area (Å²) < 4.78 is 38.7. The van der Waals surface area contributed by atoms with Gasteiger partial charge in [0.2, 0.25) is 0 Å². The summed E-state index contributed by atoms with van der Waals surface area (Å²) in [5.74, 6) is 0.570. The number of ether oxygens (including phenoxy) is 2. The highest BCUT2D eigenvalue weighted by Gasteiger charge is 2.16. The number of sulfonamides is 1. The number of carbonyl (C=O) groups is 1. The second-order valence-electron chi connectivity index (χ2n) is 6.61. The molecule has 11 heteroatoms. The van der Waals surface area contributed by atoms with E-state index in [0.717, 1.165) is 0 Å². The molecule has 3 aromatic rings. The van der Waals surface area contributed by atoms with Crippen molar-refractivity contribution in [3.8, 4) is 11.5 Å². The van der Waals surface area contributed by atoms with Gasteiger partial charge in [0.1, 0.15) is 11.5 Å². The highest BCUT2D eigenvalue weighted by atomic mass is 79.9. The lowest BCUT2D eigenvalue weighted by atomic mass is 10.2. The Morgan fingerprint density at radius 1 is 0.909 bits per heavy atom. The van der Waals surface area contributed by atoms with E-state index in [1.165, 1.54) is 26.4 Å². The van der Waals surface area contributed by atoms with Crippen LogP contribution in [0.2, 0.25) is 0 Å².